The van der Waals surface area contributed by atoms with Gasteiger partial charge < -0.3 is 10.4 Å². The van der Waals surface area contributed by atoms with Gasteiger partial charge in [-0.05, 0) is 40.1 Å². The molecule has 1 atom stereocenters. The third kappa shape index (κ3) is 3.19. The van der Waals surface area contributed by atoms with E-state index in [1.54, 1.807) is 12.1 Å². The summed E-state index contributed by atoms with van der Waals surface area (Å²) < 4.78 is 1.36. The maximum absolute atomic E-state index is 10.3. The fourth-order valence-electron chi connectivity index (χ4n) is 3.04. The number of rotatable bonds is 5. The molecule has 1 aliphatic rings. The lowest BCUT2D eigenvalue weighted by Gasteiger charge is -2.30. The Morgan fingerprint density at radius 1 is 1.17 bits per heavy atom. The fourth-order valence-corrected chi connectivity index (χ4v) is 3.04. The highest BCUT2D eigenvalue weighted by atomic mass is 16.3. The molecule has 1 aromatic carbocycles. The SMILES string of the molecule is OC(CNc1ccc2nnnn2n1)CN1CCc2ccccc2C1. The Morgan fingerprint density at radius 2 is 2.04 bits per heavy atom. The van der Waals surface area contributed by atoms with Gasteiger partial charge in [-0.25, -0.2) is 0 Å². The number of nitrogens with zero attached hydrogens (tertiary/aromatic N) is 6. The van der Waals surface area contributed by atoms with Crippen molar-refractivity contribution in [3.63, 3.8) is 0 Å². The molecule has 2 N–H and O–H groups in total. The van der Waals surface area contributed by atoms with E-state index in [9.17, 15) is 5.11 Å². The first-order chi connectivity index (χ1) is 11.8. The van der Waals surface area contributed by atoms with Gasteiger partial charge in [-0.15, -0.1) is 14.8 Å². The Bertz CT molecular complexity index is 834. The van der Waals surface area contributed by atoms with Crippen molar-refractivity contribution in [2.75, 3.05) is 25.0 Å². The highest BCUT2D eigenvalue weighted by Gasteiger charge is 2.18. The van der Waals surface area contributed by atoms with Crippen LogP contribution < -0.4 is 5.32 Å². The van der Waals surface area contributed by atoms with E-state index in [0.717, 1.165) is 19.5 Å². The van der Waals surface area contributed by atoms with Crippen LogP contribution >= 0.6 is 0 Å². The van der Waals surface area contributed by atoms with Gasteiger partial charge in [0.15, 0.2) is 5.65 Å². The Kier molecular flexibility index (Phi) is 4.06. The van der Waals surface area contributed by atoms with Gasteiger partial charge >= 0.3 is 0 Å². The van der Waals surface area contributed by atoms with Crippen LogP contribution in [0, 0.1) is 0 Å². The number of hydrogen-bond donors (Lipinski definition) is 2. The molecule has 0 bridgehead atoms. The molecule has 4 rings (SSSR count). The minimum atomic E-state index is -0.471. The summed E-state index contributed by atoms with van der Waals surface area (Å²) in [5.74, 6) is 0.637. The molecule has 0 saturated heterocycles. The highest BCUT2D eigenvalue weighted by molar-refractivity contribution is 5.42. The van der Waals surface area contributed by atoms with Crippen LogP contribution in [0.15, 0.2) is 36.4 Å². The first-order valence-electron chi connectivity index (χ1n) is 8.04. The molecule has 2 aromatic heterocycles. The van der Waals surface area contributed by atoms with E-state index in [0.29, 0.717) is 24.6 Å². The number of nitrogens with one attached hydrogen (secondary N) is 1. The molecule has 0 radical (unpaired) electrons. The molecule has 8 heteroatoms. The molecule has 0 aliphatic carbocycles. The van der Waals surface area contributed by atoms with Crippen molar-refractivity contribution in [1.82, 2.24) is 30.2 Å². The molecule has 1 aliphatic heterocycles. The molecular weight excluding hydrogens is 306 g/mol. The zero-order valence-electron chi connectivity index (χ0n) is 13.2. The number of aliphatic hydroxyl groups excluding tert-OH is 1. The van der Waals surface area contributed by atoms with Gasteiger partial charge in [0, 0.05) is 26.2 Å². The van der Waals surface area contributed by atoms with Crippen LogP contribution in [0.5, 0.6) is 0 Å². The van der Waals surface area contributed by atoms with E-state index in [4.69, 9.17) is 0 Å². The Hall–Kier alpha value is -2.58. The van der Waals surface area contributed by atoms with E-state index in [2.05, 4.69) is 55.1 Å². The van der Waals surface area contributed by atoms with Crippen LogP contribution in [0.1, 0.15) is 11.1 Å². The Labute approximate surface area is 139 Å². The standard InChI is InChI=1S/C16H19N7O/c24-14(9-17-15-5-6-16-18-20-21-23(16)19-15)11-22-8-7-12-3-1-2-4-13(12)10-22/h1-6,14,24H,7-11H2,(H,17,19). The number of aliphatic hydroxyl groups is 1. The van der Waals surface area contributed by atoms with E-state index < -0.39 is 6.10 Å². The van der Waals surface area contributed by atoms with Crippen molar-refractivity contribution in [3.05, 3.63) is 47.5 Å². The maximum Gasteiger partial charge on any atom is 0.200 e. The van der Waals surface area contributed by atoms with E-state index >= 15 is 0 Å². The third-order valence-electron chi connectivity index (χ3n) is 4.27. The normalized spacial score (nSPS) is 16.0. The number of hydrogen-bond acceptors (Lipinski definition) is 7. The molecule has 3 heterocycles. The first-order valence-corrected chi connectivity index (χ1v) is 8.04. The quantitative estimate of drug-likeness (QED) is 0.699. The van der Waals surface area contributed by atoms with Crippen LogP contribution in [-0.2, 0) is 13.0 Å². The van der Waals surface area contributed by atoms with Gasteiger partial charge in [-0.2, -0.15) is 0 Å². The van der Waals surface area contributed by atoms with Gasteiger partial charge in [0.2, 0.25) is 0 Å². The van der Waals surface area contributed by atoms with E-state index in [1.165, 1.54) is 15.8 Å². The Morgan fingerprint density at radius 3 is 2.96 bits per heavy atom. The van der Waals surface area contributed by atoms with Crippen molar-refractivity contribution >= 4 is 11.5 Å². The Balaban J connectivity index is 1.31. The number of anilines is 1. The topological polar surface area (TPSA) is 91.5 Å². The number of β-amino-alcohol motifs (C(OH)–C–C–N with tert-alkyl or cyclic N) is 1. The summed E-state index contributed by atoms with van der Waals surface area (Å²) in [4.78, 5) is 2.28. The number of fused-ring (bicyclic) bond motifs is 2. The molecule has 0 saturated carbocycles. The van der Waals surface area contributed by atoms with E-state index in [1.807, 2.05) is 0 Å². The van der Waals surface area contributed by atoms with E-state index in [-0.39, 0.29) is 0 Å². The minimum absolute atomic E-state index is 0.429. The predicted octanol–water partition coefficient (Wildman–Crippen LogP) is 0.350. The second-order valence-corrected chi connectivity index (χ2v) is 6.03. The molecule has 0 fully saturated rings. The van der Waals surface area contributed by atoms with Crippen LogP contribution in [0.25, 0.3) is 5.65 Å². The lowest BCUT2D eigenvalue weighted by atomic mass is 10.00. The molecule has 0 amide bonds. The molecule has 8 nitrogen and oxygen atoms in total. The van der Waals surface area contributed by atoms with Crippen molar-refractivity contribution in [1.29, 1.82) is 0 Å². The summed E-state index contributed by atoms with van der Waals surface area (Å²) in [6, 6.07) is 12.1. The largest absolute Gasteiger partial charge is 0.390 e. The molecule has 24 heavy (non-hydrogen) atoms. The second-order valence-electron chi connectivity index (χ2n) is 6.03. The predicted molar refractivity (Wildman–Crippen MR) is 88.5 cm³/mol. The molecule has 3 aromatic rings. The van der Waals surface area contributed by atoms with Gasteiger partial charge in [-0.1, -0.05) is 24.3 Å². The zero-order valence-corrected chi connectivity index (χ0v) is 13.2. The first kappa shape index (κ1) is 15.0. The van der Waals surface area contributed by atoms with Gasteiger partial charge in [-0.3, -0.25) is 4.90 Å². The number of tetrazole rings is 1. The summed E-state index contributed by atoms with van der Waals surface area (Å²) in [5, 5.41) is 28.8. The number of aromatic nitrogens is 5. The summed E-state index contributed by atoms with van der Waals surface area (Å²) in [5.41, 5.74) is 3.36. The average molecular weight is 325 g/mol. The second kappa shape index (κ2) is 6.50. The van der Waals surface area contributed by atoms with Gasteiger partial charge in [0.05, 0.1) is 6.10 Å². The zero-order chi connectivity index (χ0) is 16.4. The minimum Gasteiger partial charge on any atom is -0.390 e. The molecular formula is C16H19N7O. The van der Waals surface area contributed by atoms with Crippen LogP contribution in [0.4, 0.5) is 5.82 Å². The average Bonchev–Trinajstić information content (AvgIpc) is 3.07. The smallest absolute Gasteiger partial charge is 0.200 e. The van der Waals surface area contributed by atoms with Crippen molar-refractivity contribution < 1.29 is 5.11 Å². The van der Waals surface area contributed by atoms with Crippen molar-refractivity contribution in [3.8, 4) is 0 Å². The summed E-state index contributed by atoms with van der Waals surface area (Å²) in [7, 11) is 0. The van der Waals surface area contributed by atoms with Crippen LogP contribution in [0.3, 0.4) is 0 Å². The summed E-state index contributed by atoms with van der Waals surface area (Å²) in [6.45, 7) is 2.93. The summed E-state index contributed by atoms with van der Waals surface area (Å²) >= 11 is 0. The molecule has 124 valence electrons. The number of benzene rings is 1. The summed E-state index contributed by atoms with van der Waals surface area (Å²) in [6.07, 6.45) is 0.565. The maximum atomic E-state index is 10.3. The molecule has 1 unspecified atom stereocenters. The lowest BCUT2D eigenvalue weighted by molar-refractivity contribution is 0.114. The highest BCUT2D eigenvalue weighted by Crippen LogP contribution is 2.18. The van der Waals surface area contributed by atoms with Gasteiger partial charge in [0.1, 0.15) is 5.82 Å². The van der Waals surface area contributed by atoms with Crippen molar-refractivity contribution in [2.45, 2.75) is 19.1 Å². The monoisotopic (exact) mass is 325 g/mol. The van der Waals surface area contributed by atoms with Crippen LogP contribution in [0.2, 0.25) is 0 Å². The lowest BCUT2D eigenvalue weighted by Crippen LogP contribution is -2.39. The van der Waals surface area contributed by atoms with Crippen LogP contribution in [-0.4, -0.2) is 61.0 Å². The van der Waals surface area contributed by atoms with Gasteiger partial charge in [0.25, 0.3) is 0 Å². The molecule has 0 spiro atoms. The van der Waals surface area contributed by atoms with Crippen molar-refractivity contribution in [2.24, 2.45) is 0 Å². The third-order valence-corrected chi connectivity index (χ3v) is 4.27. The fraction of sp³-hybridized carbons (Fsp3) is 0.375.